The van der Waals surface area contributed by atoms with Crippen molar-refractivity contribution in [3.05, 3.63) is 40.2 Å². The van der Waals surface area contributed by atoms with Gasteiger partial charge in [0, 0.05) is 41.7 Å². The molecular formula is C30H35N3O8. The summed E-state index contributed by atoms with van der Waals surface area (Å²) in [6.45, 7) is 2.97. The van der Waals surface area contributed by atoms with Crippen molar-refractivity contribution in [3.63, 3.8) is 0 Å². The van der Waals surface area contributed by atoms with Crippen LogP contribution in [-0.4, -0.2) is 93.8 Å². The lowest BCUT2D eigenvalue weighted by molar-refractivity contribution is -0.193. The number of nitrogens with zero attached hydrogens (tertiary/aromatic N) is 2. The summed E-state index contributed by atoms with van der Waals surface area (Å²) < 4.78 is 5.38. The molecule has 2 heterocycles. The number of ketones is 2. The van der Waals surface area contributed by atoms with Crippen LogP contribution in [0.15, 0.2) is 29.0 Å². The van der Waals surface area contributed by atoms with E-state index in [0.29, 0.717) is 25.2 Å². The first-order valence-corrected chi connectivity index (χ1v) is 14.4. The van der Waals surface area contributed by atoms with Crippen molar-refractivity contribution in [2.75, 3.05) is 38.3 Å². The zero-order chi connectivity index (χ0) is 29.0. The molecule has 4 atom stereocenters. The second kappa shape index (κ2) is 8.80. The maximum Gasteiger partial charge on any atom is 0.255 e. The molecule has 2 saturated heterocycles. The SMILES string of the molecule is CN(C1CC2(COC2)C1)[C@H]1C(=O)C(C(N)=O)=C(O)[C@@]2(O)C(=O)C3=C(O)c4c(O)ccc(N5CCCC5)c4C[C@H]3C[C@@H]12. The highest BCUT2D eigenvalue weighted by atomic mass is 16.5. The van der Waals surface area contributed by atoms with Crippen molar-refractivity contribution in [2.24, 2.45) is 23.0 Å². The zero-order valence-corrected chi connectivity index (χ0v) is 22.9. The van der Waals surface area contributed by atoms with Gasteiger partial charge in [0.25, 0.3) is 5.91 Å². The summed E-state index contributed by atoms with van der Waals surface area (Å²) in [5, 5.41) is 45.5. The highest BCUT2D eigenvalue weighted by molar-refractivity contribution is 6.24. The minimum atomic E-state index is -2.64. The molecule has 7 rings (SSSR count). The molecule has 1 spiro atoms. The Labute approximate surface area is 236 Å². The quantitative estimate of drug-likeness (QED) is 0.333. The Morgan fingerprint density at radius 3 is 2.41 bits per heavy atom. The van der Waals surface area contributed by atoms with Crippen molar-refractivity contribution in [2.45, 2.75) is 56.2 Å². The topological polar surface area (TPSA) is 174 Å². The van der Waals surface area contributed by atoms with Gasteiger partial charge >= 0.3 is 0 Å². The Morgan fingerprint density at radius 1 is 1.12 bits per heavy atom. The van der Waals surface area contributed by atoms with Crippen molar-refractivity contribution < 1.29 is 39.5 Å². The Morgan fingerprint density at radius 2 is 1.80 bits per heavy atom. The number of rotatable bonds is 4. The monoisotopic (exact) mass is 565 g/mol. The van der Waals surface area contributed by atoms with E-state index < -0.39 is 58.0 Å². The van der Waals surface area contributed by atoms with Crippen molar-refractivity contribution in [1.82, 2.24) is 4.90 Å². The highest BCUT2D eigenvalue weighted by Crippen LogP contribution is 2.55. The Balaban J connectivity index is 1.34. The third-order valence-electron chi connectivity index (χ3n) is 10.6. The number of hydrogen-bond donors (Lipinski definition) is 5. The molecule has 2 aliphatic heterocycles. The van der Waals surface area contributed by atoms with Gasteiger partial charge < -0.3 is 35.8 Å². The van der Waals surface area contributed by atoms with Gasteiger partial charge in [-0.2, -0.15) is 0 Å². The fourth-order valence-corrected chi connectivity index (χ4v) is 8.44. The summed E-state index contributed by atoms with van der Waals surface area (Å²) in [5.74, 6) is -6.30. The lowest BCUT2D eigenvalue weighted by Crippen LogP contribution is -2.69. The number of phenolic OH excluding ortho intramolecular Hbond substituents is 1. The number of primary amides is 1. The molecule has 0 aromatic heterocycles. The predicted molar refractivity (Wildman–Crippen MR) is 146 cm³/mol. The summed E-state index contributed by atoms with van der Waals surface area (Å²) in [5.41, 5.74) is 3.77. The summed E-state index contributed by atoms with van der Waals surface area (Å²) in [4.78, 5) is 44.4. The average molecular weight is 566 g/mol. The summed E-state index contributed by atoms with van der Waals surface area (Å²) in [7, 11) is 1.74. The van der Waals surface area contributed by atoms with Crippen LogP contribution in [0.3, 0.4) is 0 Å². The Bertz CT molecular complexity index is 1450. The van der Waals surface area contributed by atoms with Crippen LogP contribution in [0, 0.1) is 17.3 Å². The third-order valence-corrected chi connectivity index (χ3v) is 10.6. The van der Waals surface area contributed by atoms with Gasteiger partial charge in [0.15, 0.2) is 11.4 Å². The molecule has 0 unspecified atom stereocenters. The number of amides is 1. The zero-order valence-electron chi connectivity index (χ0n) is 22.9. The van der Waals surface area contributed by atoms with E-state index in [0.717, 1.165) is 44.5 Å². The third kappa shape index (κ3) is 3.45. The van der Waals surface area contributed by atoms with Crippen LogP contribution >= 0.6 is 0 Å². The van der Waals surface area contributed by atoms with Gasteiger partial charge in [0.1, 0.15) is 22.8 Å². The van der Waals surface area contributed by atoms with E-state index in [-0.39, 0.29) is 34.8 Å². The number of nitrogens with two attached hydrogens (primary N) is 1. The molecule has 218 valence electrons. The average Bonchev–Trinajstić information content (AvgIpc) is 3.39. The maximum absolute atomic E-state index is 14.2. The number of likely N-dealkylation sites (N-methyl/N-ethyl adjacent to an activating group) is 1. The van der Waals surface area contributed by atoms with Crippen LogP contribution in [0.5, 0.6) is 5.75 Å². The van der Waals surface area contributed by atoms with Crippen LogP contribution in [0.1, 0.15) is 43.2 Å². The number of anilines is 1. The number of carbonyl (C=O) groups excluding carboxylic acids is 3. The number of Topliss-reactive ketones (excluding diaryl/α,β-unsaturated/α-hetero) is 2. The molecule has 0 bridgehead atoms. The fourth-order valence-electron chi connectivity index (χ4n) is 8.44. The molecule has 11 heteroatoms. The standard InChI is InChI=1S/C30H35N3O8/c1-32(15-10-29(11-15)12-41-13-29)23-17-9-14-8-16-18(33-6-2-3-7-33)4-5-19(34)21(16)24(35)20(14)26(37)30(17,40)27(38)22(25(23)36)28(31)39/h4-5,14-15,17,23,34-35,38,40H,2-3,6-13H2,1H3,(H2,31,39)/t14-,17-,23+,30-/m0/s1. The van der Waals surface area contributed by atoms with Gasteiger partial charge in [-0.1, -0.05) is 0 Å². The van der Waals surface area contributed by atoms with Gasteiger partial charge in [0.2, 0.25) is 5.78 Å². The van der Waals surface area contributed by atoms with Crippen LogP contribution in [0.2, 0.25) is 0 Å². The number of ether oxygens (including phenoxy) is 1. The smallest absolute Gasteiger partial charge is 0.255 e. The van der Waals surface area contributed by atoms with E-state index in [9.17, 15) is 34.8 Å². The molecule has 6 N–H and O–H groups in total. The van der Waals surface area contributed by atoms with Crippen molar-refractivity contribution in [1.29, 1.82) is 0 Å². The molecule has 41 heavy (non-hydrogen) atoms. The molecular weight excluding hydrogens is 530 g/mol. The molecule has 2 saturated carbocycles. The second-order valence-corrected chi connectivity index (χ2v) is 12.9. The number of aliphatic hydroxyl groups excluding tert-OH is 2. The van der Waals surface area contributed by atoms with Gasteiger partial charge in [-0.25, -0.2) is 0 Å². The van der Waals surface area contributed by atoms with E-state index in [1.54, 1.807) is 7.05 Å². The second-order valence-electron chi connectivity index (χ2n) is 12.9. The highest BCUT2D eigenvalue weighted by Gasteiger charge is 2.65. The Kier molecular flexibility index (Phi) is 5.68. The number of carbonyl (C=O) groups is 3. The predicted octanol–water partition coefficient (Wildman–Crippen LogP) is 1.11. The summed E-state index contributed by atoms with van der Waals surface area (Å²) >= 11 is 0. The maximum atomic E-state index is 14.2. The minimum absolute atomic E-state index is 0.0438. The van der Waals surface area contributed by atoms with Crippen molar-refractivity contribution >= 4 is 28.9 Å². The van der Waals surface area contributed by atoms with Gasteiger partial charge in [0.05, 0.1) is 24.8 Å². The number of hydrogen-bond acceptors (Lipinski definition) is 10. The van der Waals surface area contributed by atoms with Crippen LogP contribution < -0.4 is 10.6 Å². The largest absolute Gasteiger partial charge is 0.508 e. The molecule has 1 aromatic carbocycles. The van der Waals surface area contributed by atoms with E-state index >= 15 is 0 Å². The van der Waals surface area contributed by atoms with Gasteiger partial charge in [-0.3, -0.25) is 19.3 Å². The van der Waals surface area contributed by atoms with Crippen LogP contribution in [-0.2, 0) is 25.5 Å². The molecule has 4 fully saturated rings. The first-order valence-electron chi connectivity index (χ1n) is 14.4. The number of fused-ring (bicyclic) bond motifs is 3. The molecule has 1 amide bonds. The van der Waals surface area contributed by atoms with Crippen molar-refractivity contribution in [3.8, 4) is 5.75 Å². The van der Waals surface area contributed by atoms with Gasteiger partial charge in [-0.15, -0.1) is 0 Å². The molecule has 4 aliphatic carbocycles. The van der Waals surface area contributed by atoms with Crippen LogP contribution in [0.4, 0.5) is 5.69 Å². The van der Waals surface area contributed by atoms with E-state index in [1.165, 1.54) is 6.07 Å². The molecule has 6 aliphatic rings. The lowest BCUT2D eigenvalue weighted by atomic mass is 9.56. The molecule has 11 nitrogen and oxygen atoms in total. The molecule has 0 radical (unpaired) electrons. The van der Waals surface area contributed by atoms with E-state index in [2.05, 4.69) is 4.90 Å². The first kappa shape index (κ1) is 26.5. The van der Waals surface area contributed by atoms with Gasteiger partial charge in [-0.05, 0) is 69.2 Å². The Hall–Kier alpha value is -3.41. The number of benzene rings is 1. The fraction of sp³-hybridized carbons (Fsp3) is 0.567. The summed E-state index contributed by atoms with van der Waals surface area (Å²) in [6.07, 6.45) is 3.99. The number of aliphatic hydroxyl groups is 3. The number of aromatic hydroxyl groups is 1. The van der Waals surface area contributed by atoms with Crippen LogP contribution in [0.25, 0.3) is 5.76 Å². The van der Waals surface area contributed by atoms with E-state index in [4.69, 9.17) is 10.5 Å². The summed E-state index contributed by atoms with van der Waals surface area (Å²) in [6, 6.07) is 2.18. The van der Waals surface area contributed by atoms with E-state index in [1.807, 2.05) is 11.0 Å². The number of phenols is 1. The normalized spacial score (nSPS) is 32.6. The lowest BCUT2D eigenvalue weighted by Gasteiger charge is -2.58. The first-order chi connectivity index (χ1) is 19.5. The molecule has 1 aromatic rings. The minimum Gasteiger partial charge on any atom is -0.508 e.